The molecular weight excluding hydrogens is 310 g/mol. The highest BCUT2D eigenvalue weighted by Gasteiger charge is 2.21. The topological polar surface area (TPSA) is 55.5 Å². The lowest BCUT2D eigenvalue weighted by molar-refractivity contribution is 0.143. The van der Waals surface area contributed by atoms with Crippen molar-refractivity contribution < 1.29 is 9.84 Å². The van der Waals surface area contributed by atoms with Crippen molar-refractivity contribution >= 4 is 12.4 Å². The molecule has 0 bridgehead atoms. The average molecular weight is 336 g/mol. The molecule has 0 saturated carbocycles. The first-order chi connectivity index (χ1) is 10.5. The standard InChI is InChI=1S/C19H25NO2.ClH/c1-13(2)15-9-10-18(22-3)16(12-15)19(20)17(21)11-14-7-5-4-6-8-14;/h4-10,12-13,17,19,21H,11,20H2,1-3H3;1H/t17-,19+;/m1./s1. The highest BCUT2D eigenvalue weighted by atomic mass is 35.5. The summed E-state index contributed by atoms with van der Waals surface area (Å²) in [5.74, 6) is 1.13. The molecule has 2 rings (SSSR count). The molecule has 0 amide bonds. The van der Waals surface area contributed by atoms with Gasteiger partial charge in [0.15, 0.2) is 0 Å². The second kappa shape index (κ2) is 8.92. The van der Waals surface area contributed by atoms with Crippen LogP contribution in [0.4, 0.5) is 0 Å². The molecule has 126 valence electrons. The zero-order chi connectivity index (χ0) is 16.1. The zero-order valence-electron chi connectivity index (χ0n) is 13.9. The molecule has 0 unspecified atom stereocenters. The van der Waals surface area contributed by atoms with Gasteiger partial charge in [-0.2, -0.15) is 0 Å². The summed E-state index contributed by atoms with van der Waals surface area (Å²) in [6, 6.07) is 15.4. The quantitative estimate of drug-likeness (QED) is 0.843. The van der Waals surface area contributed by atoms with Crippen LogP contribution in [0.1, 0.15) is 42.5 Å². The maximum absolute atomic E-state index is 10.5. The second-order valence-corrected chi connectivity index (χ2v) is 5.94. The van der Waals surface area contributed by atoms with E-state index in [4.69, 9.17) is 10.5 Å². The highest BCUT2D eigenvalue weighted by molar-refractivity contribution is 5.85. The van der Waals surface area contributed by atoms with E-state index < -0.39 is 12.1 Å². The number of ether oxygens (including phenoxy) is 1. The van der Waals surface area contributed by atoms with E-state index in [0.717, 1.165) is 16.9 Å². The summed E-state index contributed by atoms with van der Waals surface area (Å²) in [4.78, 5) is 0. The molecule has 0 aliphatic rings. The maximum atomic E-state index is 10.5. The third-order valence-corrected chi connectivity index (χ3v) is 3.98. The number of hydrogen-bond acceptors (Lipinski definition) is 3. The van der Waals surface area contributed by atoms with Crippen LogP contribution in [0.15, 0.2) is 48.5 Å². The molecular formula is C19H26ClNO2. The molecule has 4 heteroatoms. The fourth-order valence-electron chi connectivity index (χ4n) is 2.56. The number of aliphatic hydroxyl groups is 1. The first-order valence-corrected chi connectivity index (χ1v) is 7.68. The molecule has 2 aromatic rings. The number of rotatable bonds is 6. The Morgan fingerprint density at radius 1 is 1.09 bits per heavy atom. The molecule has 0 aromatic heterocycles. The van der Waals surface area contributed by atoms with Crippen LogP contribution in [-0.4, -0.2) is 18.3 Å². The first-order valence-electron chi connectivity index (χ1n) is 7.68. The van der Waals surface area contributed by atoms with E-state index in [2.05, 4.69) is 13.8 Å². The van der Waals surface area contributed by atoms with E-state index in [1.807, 2.05) is 48.5 Å². The second-order valence-electron chi connectivity index (χ2n) is 5.94. The summed E-state index contributed by atoms with van der Waals surface area (Å²) in [5.41, 5.74) is 9.43. The van der Waals surface area contributed by atoms with Crippen LogP contribution in [0.5, 0.6) is 5.75 Å². The van der Waals surface area contributed by atoms with Gasteiger partial charge in [0.1, 0.15) is 5.75 Å². The van der Waals surface area contributed by atoms with Gasteiger partial charge in [-0.05, 0) is 23.1 Å². The van der Waals surface area contributed by atoms with E-state index >= 15 is 0 Å². The summed E-state index contributed by atoms with van der Waals surface area (Å²) < 4.78 is 5.41. The van der Waals surface area contributed by atoms with E-state index in [1.165, 1.54) is 5.56 Å². The molecule has 0 spiro atoms. The lowest BCUT2D eigenvalue weighted by Crippen LogP contribution is -2.28. The number of aliphatic hydroxyl groups excluding tert-OH is 1. The maximum Gasteiger partial charge on any atom is 0.123 e. The third-order valence-electron chi connectivity index (χ3n) is 3.98. The smallest absolute Gasteiger partial charge is 0.123 e. The lowest BCUT2D eigenvalue weighted by atomic mass is 9.92. The van der Waals surface area contributed by atoms with Crippen LogP contribution in [0, 0.1) is 0 Å². The fraction of sp³-hybridized carbons (Fsp3) is 0.368. The Bertz CT molecular complexity index is 602. The predicted molar refractivity (Wildman–Crippen MR) is 97.4 cm³/mol. The van der Waals surface area contributed by atoms with Gasteiger partial charge in [0.05, 0.1) is 19.3 Å². The van der Waals surface area contributed by atoms with Gasteiger partial charge in [0.25, 0.3) is 0 Å². The predicted octanol–water partition coefficient (Wildman–Crippen LogP) is 3.84. The number of methoxy groups -OCH3 is 1. The van der Waals surface area contributed by atoms with Crippen molar-refractivity contribution in [3.8, 4) is 5.75 Å². The Kier molecular flexibility index (Phi) is 7.56. The van der Waals surface area contributed by atoms with Crippen molar-refractivity contribution in [1.82, 2.24) is 0 Å². The summed E-state index contributed by atoms with van der Waals surface area (Å²) in [7, 11) is 1.63. The third kappa shape index (κ3) is 4.96. The molecule has 3 nitrogen and oxygen atoms in total. The highest BCUT2D eigenvalue weighted by Crippen LogP contribution is 2.30. The van der Waals surface area contributed by atoms with Crippen molar-refractivity contribution in [1.29, 1.82) is 0 Å². The van der Waals surface area contributed by atoms with Crippen LogP contribution < -0.4 is 10.5 Å². The van der Waals surface area contributed by atoms with Gasteiger partial charge >= 0.3 is 0 Å². The fourth-order valence-corrected chi connectivity index (χ4v) is 2.56. The van der Waals surface area contributed by atoms with Gasteiger partial charge in [-0.3, -0.25) is 0 Å². The molecule has 0 aliphatic heterocycles. The van der Waals surface area contributed by atoms with Crippen molar-refractivity contribution in [3.05, 3.63) is 65.2 Å². The minimum Gasteiger partial charge on any atom is -0.496 e. The van der Waals surface area contributed by atoms with Crippen LogP contribution >= 0.6 is 12.4 Å². The number of hydrogen-bond donors (Lipinski definition) is 2. The largest absolute Gasteiger partial charge is 0.496 e. The number of halogens is 1. The lowest BCUT2D eigenvalue weighted by Gasteiger charge is -2.22. The van der Waals surface area contributed by atoms with Crippen LogP contribution in [0.3, 0.4) is 0 Å². The normalized spacial score (nSPS) is 13.3. The van der Waals surface area contributed by atoms with Gasteiger partial charge in [0, 0.05) is 12.0 Å². The Morgan fingerprint density at radius 3 is 2.30 bits per heavy atom. The van der Waals surface area contributed by atoms with Gasteiger partial charge in [-0.15, -0.1) is 12.4 Å². The van der Waals surface area contributed by atoms with E-state index in [1.54, 1.807) is 7.11 Å². The monoisotopic (exact) mass is 335 g/mol. The SMILES string of the molecule is COc1ccc(C(C)C)cc1[C@H](N)[C@H](O)Cc1ccccc1.Cl. The minimum atomic E-state index is -0.654. The summed E-state index contributed by atoms with van der Waals surface area (Å²) >= 11 is 0. The average Bonchev–Trinajstić information content (AvgIpc) is 2.54. The summed E-state index contributed by atoms with van der Waals surface area (Å²) in [6.07, 6.45) is -0.129. The minimum absolute atomic E-state index is 0. The van der Waals surface area contributed by atoms with Crippen molar-refractivity contribution in [2.45, 2.75) is 38.3 Å². The van der Waals surface area contributed by atoms with Crippen molar-refractivity contribution in [3.63, 3.8) is 0 Å². The Morgan fingerprint density at radius 2 is 1.74 bits per heavy atom. The van der Waals surface area contributed by atoms with Gasteiger partial charge in [-0.25, -0.2) is 0 Å². The van der Waals surface area contributed by atoms with E-state index in [9.17, 15) is 5.11 Å². The van der Waals surface area contributed by atoms with Crippen LogP contribution in [-0.2, 0) is 6.42 Å². The zero-order valence-corrected chi connectivity index (χ0v) is 14.7. The Balaban J connectivity index is 0.00000264. The molecule has 0 heterocycles. The molecule has 0 saturated heterocycles. The molecule has 23 heavy (non-hydrogen) atoms. The number of nitrogens with two attached hydrogens (primary N) is 1. The summed E-state index contributed by atoms with van der Waals surface area (Å²) in [5, 5.41) is 10.5. The van der Waals surface area contributed by atoms with Crippen molar-refractivity contribution in [2.75, 3.05) is 7.11 Å². The van der Waals surface area contributed by atoms with E-state index in [-0.39, 0.29) is 12.4 Å². The first kappa shape index (κ1) is 19.5. The van der Waals surface area contributed by atoms with Gasteiger partial charge < -0.3 is 15.6 Å². The van der Waals surface area contributed by atoms with Crippen LogP contribution in [0.2, 0.25) is 0 Å². The summed E-state index contributed by atoms with van der Waals surface area (Å²) in [6.45, 7) is 4.27. The number of benzene rings is 2. The molecule has 3 N–H and O–H groups in total. The molecule has 0 aliphatic carbocycles. The van der Waals surface area contributed by atoms with E-state index in [0.29, 0.717) is 12.3 Å². The Labute approximate surface area is 144 Å². The molecule has 0 radical (unpaired) electrons. The van der Waals surface area contributed by atoms with Gasteiger partial charge in [-0.1, -0.05) is 56.3 Å². The van der Waals surface area contributed by atoms with Crippen LogP contribution in [0.25, 0.3) is 0 Å². The Hall–Kier alpha value is -1.55. The molecule has 0 fully saturated rings. The van der Waals surface area contributed by atoms with Gasteiger partial charge in [0.2, 0.25) is 0 Å². The molecule has 2 atom stereocenters. The van der Waals surface area contributed by atoms with Crippen molar-refractivity contribution in [2.24, 2.45) is 5.73 Å². The molecule has 2 aromatic carbocycles.